The summed E-state index contributed by atoms with van der Waals surface area (Å²) in [6, 6.07) is 4.18. The Morgan fingerprint density at radius 3 is 2.60 bits per heavy atom. The van der Waals surface area contributed by atoms with Crippen LogP contribution in [0.15, 0.2) is 33.6 Å². The van der Waals surface area contributed by atoms with E-state index in [2.05, 4.69) is 20.7 Å². The van der Waals surface area contributed by atoms with Crippen LogP contribution in [0.3, 0.4) is 0 Å². The summed E-state index contributed by atoms with van der Waals surface area (Å²) in [5, 5.41) is 0. The van der Waals surface area contributed by atoms with Crippen molar-refractivity contribution in [2.24, 2.45) is 11.7 Å². The summed E-state index contributed by atoms with van der Waals surface area (Å²) >= 11 is 3.27. The van der Waals surface area contributed by atoms with E-state index in [9.17, 15) is 18.0 Å². The minimum atomic E-state index is -3.81. The van der Waals surface area contributed by atoms with E-state index in [0.29, 0.717) is 4.47 Å². The maximum Gasteiger partial charge on any atom is 0.328 e. The van der Waals surface area contributed by atoms with Crippen molar-refractivity contribution >= 4 is 37.8 Å². The second-order valence-corrected chi connectivity index (χ2v) is 10.6. The molecule has 0 bridgehead atoms. The Bertz CT molecular complexity index is 888. The average Bonchev–Trinajstić information content (AvgIpc) is 3.15. The molecule has 10 heteroatoms. The zero-order chi connectivity index (χ0) is 21.9. The highest BCUT2D eigenvalue weighted by molar-refractivity contribution is 9.10. The monoisotopic (exact) mass is 501 g/mol. The molecule has 0 unspecified atom stereocenters. The van der Waals surface area contributed by atoms with Crippen LogP contribution in [0.4, 0.5) is 0 Å². The van der Waals surface area contributed by atoms with Crippen LogP contribution in [0.1, 0.15) is 38.5 Å². The molecule has 1 aromatic carbocycles. The minimum absolute atomic E-state index is 0.0756. The summed E-state index contributed by atoms with van der Waals surface area (Å²) < 4.78 is 33.7. The van der Waals surface area contributed by atoms with E-state index in [1.165, 1.54) is 24.1 Å². The van der Waals surface area contributed by atoms with Crippen LogP contribution in [0.2, 0.25) is 0 Å². The van der Waals surface area contributed by atoms with Gasteiger partial charge in [-0.3, -0.25) is 4.79 Å². The summed E-state index contributed by atoms with van der Waals surface area (Å²) in [5.74, 6) is -0.799. The van der Waals surface area contributed by atoms with Gasteiger partial charge in [-0.2, -0.15) is 0 Å². The Kier molecular flexibility index (Phi) is 7.54. The number of halogens is 1. The van der Waals surface area contributed by atoms with E-state index in [-0.39, 0.29) is 29.7 Å². The summed E-state index contributed by atoms with van der Waals surface area (Å²) in [6.45, 7) is 0.0756. The zero-order valence-electron chi connectivity index (χ0n) is 16.9. The van der Waals surface area contributed by atoms with E-state index < -0.39 is 34.1 Å². The Morgan fingerprint density at radius 2 is 1.97 bits per heavy atom. The number of esters is 1. The maximum atomic E-state index is 13.1. The number of nitrogens with two attached hydrogens (primary N) is 1. The molecule has 2 fully saturated rings. The van der Waals surface area contributed by atoms with Crippen molar-refractivity contribution in [1.29, 1.82) is 0 Å². The Hall–Kier alpha value is -1.49. The number of nitrogens with zero attached hydrogens (tertiary/aromatic N) is 1. The molecule has 0 radical (unpaired) electrons. The molecule has 0 aromatic heterocycles. The number of benzene rings is 1. The lowest BCUT2D eigenvalue weighted by atomic mass is 9.83. The molecule has 1 aliphatic heterocycles. The predicted molar refractivity (Wildman–Crippen MR) is 115 cm³/mol. The second kappa shape index (κ2) is 9.76. The summed E-state index contributed by atoms with van der Waals surface area (Å²) in [6.07, 6.45) is 5.15. The molecule has 3 atom stereocenters. The number of carbonyl (C=O) groups is 2. The molecule has 30 heavy (non-hydrogen) atoms. The molecule has 3 N–H and O–H groups in total. The van der Waals surface area contributed by atoms with Gasteiger partial charge < -0.3 is 15.4 Å². The molecular formula is C20H28BrN3O5S. The quantitative estimate of drug-likeness (QED) is 0.573. The number of methoxy groups -OCH3 is 1. The van der Waals surface area contributed by atoms with Gasteiger partial charge in [0, 0.05) is 17.1 Å². The topological polar surface area (TPSA) is 119 Å². The lowest BCUT2D eigenvalue weighted by Gasteiger charge is -2.31. The summed E-state index contributed by atoms with van der Waals surface area (Å²) in [7, 11) is -2.56. The number of sulfonamides is 1. The highest BCUT2D eigenvalue weighted by Crippen LogP contribution is 2.29. The Labute approximate surface area is 185 Å². The molecule has 2 aliphatic rings. The van der Waals surface area contributed by atoms with Crippen LogP contribution < -0.4 is 10.5 Å². The van der Waals surface area contributed by atoms with Gasteiger partial charge >= 0.3 is 5.97 Å². The van der Waals surface area contributed by atoms with Crippen LogP contribution >= 0.6 is 15.9 Å². The third-order valence-corrected chi connectivity index (χ3v) is 7.94. The number of amides is 1. The minimum Gasteiger partial charge on any atom is -0.467 e. The van der Waals surface area contributed by atoms with Crippen molar-refractivity contribution < 1.29 is 22.7 Å². The molecule has 1 amide bonds. The van der Waals surface area contributed by atoms with Gasteiger partial charge in [0.15, 0.2) is 0 Å². The fourth-order valence-corrected chi connectivity index (χ4v) is 6.17. The number of carbonyl (C=O) groups excluding carboxylic acids is 2. The molecule has 1 saturated carbocycles. The molecule has 3 rings (SSSR count). The highest BCUT2D eigenvalue weighted by Gasteiger charge is 2.44. The van der Waals surface area contributed by atoms with E-state index >= 15 is 0 Å². The standard InChI is InChI=1S/C20H28BrN3O5S/c1-29-20(26)17-11-15(23-30(27,28)16-9-5-8-14(21)10-16)12-24(17)19(25)18(22)13-6-3-2-4-7-13/h5,8-10,13,15,17-18,23H,2-4,6-7,11-12,22H2,1H3/t15-,17+,18+/m1/s1. The molecule has 1 heterocycles. The first kappa shape index (κ1) is 23.2. The second-order valence-electron chi connectivity index (χ2n) is 7.96. The van der Waals surface area contributed by atoms with E-state index in [0.717, 1.165) is 32.1 Å². The lowest BCUT2D eigenvalue weighted by Crippen LogP contribution is -2.52. The molecule has 8 nitrogen and oxygen atoms in total. The van der Waals surface area contributed by atoms with Gasteiger partial charge in [0.05, 0.1) is 18.0 Å². The third-order valence-electron chi connectivity index (χ3n) is 5.93. The van der Waals surface area contributed by atoms with Gasteiger partial charge in [-0.1, -0.05) is 41.3 Å². The van der Waals surface area contributed by atoms with Crippen LogP contribution in [0.5, 0.6) is 0 Å². The summed E-state index contributed by atoms with van der Waals surface area (Å²) in [4.78, 5) is 26.9. The normalized spacial score (nSPS) is 23.9. The van der Waals surface area contributed by atoms with Gasteiger partial charge in [0.1, 0.15) is 6.04 Å². The highest BCUT2D eigenvalue weighted by atomic mass is 79.9. The number of hydrogen-bond acceptors (Lipinski definition) is 6. The van der Waals surface area contributed by atoms with E-state index in [1.54, 1.807) is 12.1 Å². The van der Waals surface area contributed by atoms with Crippen molar-refractivity contribution in [3.05, 3.63) is 28.7 Å². The van der Waals surface area contributed by atoms with Crippen LogP contribution in [-0.2, 0) is 24.3 Å². The number of ether oxygens (including phenoxy) is 1. The van der Waals surface area contributed by atoms with E-state index in [1.807, 2.05) is 0 Å². The van der Waals surface area contributed by atoms with Crippen LogP contribution in [0, 0.1) is 5.92 Å². The van der Waals surface area contributed by atoms with Crippen molar-refractivity contribution in [2.45, 2.75) is 61.5 Å². The van der Waals surface area contributed by atoms with Gasteiger partial charge in [-0.05, 0) is 43.4 Å². The Balaban J connectivity index is 1.75. The van der Waals surface area contributed by atoms with Crippen molar-refractivity contribution in [2.75, 3.05) is 13.7 Å². The third kappa shape index (κ3) is 5.22. The predicted octanol–water partition coefficient (Wildman–Crippen LogP) is 1.78. The van der Waals surface area contributed by atoms with Crippen LogP contribution in [-0.4, -0.2) is 57.0 Å². The fraction of sp³-hybridized carbons (Fsp3) is 0.600. The first-order valence-electron chi connectivity index (χ1n) is 10.1. The SMILES string of the molecule is COC(=O)[C@@H]1C[C@@H](NS(=O)(=O)c2cccc(Br)c2)CN1C(=O)[C@@H](N)C1CCCCC1. The van der Waals surface area contributed by atoms with E-state index in [4.69, 9.17) is 10.5 Å². The number of nitrogens with one attached hydrogen (secondary N) is 1. The van der Waals surface area contributed by atoms with Crippen molar-refractivity contribution in [1.82, 2.24) is 9.62 Å². The summed E-state index contributed by atoms with van der Waals surface area (Å²) in [5.41, 5.74) is 6.27. The lowest BCUT2D eigenvalue weighted by molar-refractivity contribution is -0.151. The zero-order valence-corrected chi connectivity index (χ0v) is 19.3. The maximum absolute atomic E-state index is 13.1. The number of likely N-dealkylation sites (tertiary alicyclic amines) is 1. The molecule has 166 valence electrons. The smallest absolute Gasteiger partial charge is 0.328 e. The molecule has 1 saturated heterocycles. The van der Waals surface area contributed by atoms with Gasteiger partial charge in [-0.25, -0.2) is 17.9 Å². The molecule has 1 aliphatic carbocycles. The largest absolute Gasteiger partial charge is 0.467 e. The number of hydrogen-bond donors (Lipinski definition) is 2. The first-order valence-corrected chi connectivity index (χ1v) is 12.4. The van der Waals surface area contributed by atoms with Gasteiger partial charge in [-0.15, -0.1) is 0 Å². The van der Waals surface area contributed by atoms with Gasteiger partial charge in [0.25, 0.3) is 0 Å². The average molecular weight is 502 g/mol. The van der Waals surface area contributed by atoms with Crippen molar-refractivity contribution in [3.8, 4) is 0 Å². The number of rotatable bonds is 6. The van der Waals surface area contributed by atoms with Crippen LogP contribution in [0.25, 0.3) is 0 Å². The Morgan fingerprint density at radius 1 is 1.27 bits per heavy atom. The molecular weight excluding hydrogens is 474 g/mol. The molecule has 1 aromatic rings. The fourth-order valence-electron chi connectivity index (χ4n) is 4.33. The molecule has 0 spiro atoms. The first-order chi connectivity index (χ1) is 14.2. The van der Waals surface area contributed by atoms with Crippen molar-refractivity contribution in [3.63, 3.8) is 0 Å². The van der Waals surface area contributed by atoms with Gasteiger partial charge in [0.2, 0.25) is 15.9 Å².